The molecule has 0 aliphatic heterocycles. The molecule has 0 saturated heterocycles. The monoisotopic (exact) mass is 282 g/mol. The first-order chi connectivity index (χ1) is 9.24. The van der Waals surface area contributed by atoms with Gasteiger partial charge in [0.1, 0.15) is 5.82 Å². The van der Waals surface area contributed by atoms with Crippen molar-refractivity contribution in [2.75, 3.05) is 24.8 Å². The zero-order valence-electron chi connectivity index (χ0n) is 10.5. The molecule has 19 heavy (non-hydrogen) atoms. The van der Waals surface area contributed by atoms with Crippen LogP contribution in [0.4, 0.5) is 4.39 Å². The van der Waals surface area contributed by atoms with Gasteiger partial charge in [-0.3, -0.25) is 0 Å². The van der Waals surface area contributed by atoms with Crippen molar-refractivity contribution in [1.29, 1.82) is 0 Å². The van der Waals surface area contributed by atoms with Gasteiger partial charge in [-0.05, 0) is 19.1 Å². The minimum atomic E-state index is -0.368. The Labute approximate surface area is 114 Å². The molecule has 0 aliphatic rings. The first kappa shape index (κ1) is 13.8. The number of nitrogens with zero attached hydrogens (tertiary/aromatic N) is 3. The van der Waals surface area contributed by atoms with Crippen molar-refractivity contribution in [2.24, 2.45) is 0 Å². The minimum Gasteiger partial charge on any atom is -0.381 e. The highest BCUT2D eigenvalue weighted by Crippen LogP contribution is 2.23. The minimum absolute atomic E-state index is 0.317. The van der Waals surface area contributed by atoms with E-state index in [0.717, 1.165) is 5.75 Å². The normalized spacial score (nSPS) is 10.8. The van der Waals surface area contributed by atoms with Crippen LogP contribution in [0.1, 0.15) is 6.92 Å². The summed E-state index contributed by atoms with van der Waals surface area (Å²) in [6.07, 6.45) is 0. The van der Waals surface area contributed by atoms with E-state index in [-0.39, 0.29) is 5.82 Å². The number of halogens is 1. The van der Waals surface area contributed by atoms with Crippen LogP contribution in [0.5, 0.6) is 0 Å². The summed E-state index contributed by atoms with van der Waals surface area (Å²) in [7, 11) is 0. The van der Waals surface area contributed by atoms with Crippen LogP contribution < -0.4 is 5.84 Å². The molecular weight excluding hydrogens is 267 g/mol. The maximum atomic E-state index is 13.7. The Morgan fingerprint density at radius 1 is 1.37 bits per heavy atom. The summed E-state index contributed by atoms with van der Waals surface area (Å²) < 4.78 is 20.2. The highest BCUT2D eigenvalue weighted by molar-refractivity contribution is 7.99. The highest BCUT2D eigenvalue weighted by Gasteiger charge is 2.14. The van der Waals surface area contributed by atoms with Crippen LogP contribution in [0.3, 0.4) is 0 Å². The number of nitrogens with two attached hydrogens (primary N) is 1. The molecule has 102 valence electrons. The van der Waals surface area contributed by atoms with Gasteiger partial charge in [-0.1, -0.05) is 23.9 Å². The number of hydrogen-bond acceptors (Lipinski definition) is 5. The highest BCUT2D eigenvalue weighted by atomic mass is 32.2. The van der Waals surface area contributed by atoms with Crippen molar-refractivity contribution in [3.8, 4) is 11.4 Å². The van der Waals surface area contributed by atoms with Crippen LogP contribution in [0.25, 0.3) is 11.4 Å². The van der Waals surface area contributed by atoms with E-state index in [1.54, 1.807) is 18.2 Å². The Hall–Kier alpha value is -1.60. The molecule has 0 bridgehead atoms. The van der Waals surface area contributed by atoms with Crippen molar-refractivity contribution >= 4 is 11.8 Å². The number of ether oxygens (including phenoxy) is 1. The van der Waals surface area contributed by atoms with Crippen LogP contribution in [-0.2, 0) is 4.74 Å². The number of rotatable bonds is 6. The largest absolute Gasteiger partial charge is 0.381 e. The van der Waals surface area contributed by atoms with Crippen LogP contribution in [-0.4, -0.2) is 33.8 Å². The summed E-state index contributed by atoms with van der Waals surface area (Å²) in [6, 6.07) is 6.34. The fourth-order valence-corrected chi connectivity index (χ4v) is 2.25. The number of aromatic nitrogens is 3. The van der Waals surface area contributed by atoms with Gasteiger partial charge in [0.2, 0.25) is 5.16 Å². The Kier molecular flexibility index (Phi) is 4.75. The zero-order chi connectivity index (χ0) is 13.7. The molecule has 7 heteroatoms. The molecule has 2 aromatic rings. The Morgan fingerprint density at radius 2 is 2.16 bits per heavy atom. The average Bonchev–Trinajstić information content (AvgIpc) is 2.77. The maximum Gasteiger partial charge on any atom is 0.210 e. The molecule has 5 nitrogen and oxygen atoms in total. The average molecular weight is 282 g/mol. The number of benzene rings is 1. The summed E-state index contributed by atoms with van der Waals surface area (Å²) in [5.41, 5.74) is 0.342. The SMILES string of the molecule is CCOCCSc1nnc(-c2ccccc2F)n1N. The standard InChI is InChI=1S/C12H15FN4OS/c1-2-18-7-8-19-12-16-15-11(17(12)14)9-5-3-4-6-10(9)13/h3-6H,2,7-8,14H2,1H3. The lowest BCUT2D eigenvalue weighted by Crippen LogP contribution is -2.12. The van der Waals surface area contributed by atoms with E-state index in [1.807, 2.05) is 6.92 Å². The van der Waals surface area contributed by atoms with E-state index in [1.165, 1.54) is 22.5 Å². The van der Waals surface area contributed by atoms with Gasteiger partial charge in [0, 0.05) is 12.4 Å². The number of thioether (sulfide) groups is 1. The number of hydrogen-bond donors (Lipinski definition) is 1. The van der Waals surface area contributed by atoms with Crippen molar-refractivity contribution < 1.29 is 9.13 Å². The van der Waals surface area contributed by atoms with E-state index in [2.05, 4.69) is 10.2 Å². The third kappa shape index (κ3) is 3.24. The molecule has 0 radical (unpaired) electrons. The maximum absolute atomic E-state index is 13.7. The van der Waals surface area contributed by atoms with E-state index in [4.69, 9.17) is 10.6 Å². The lowest BCUT2D eigenvalue weighted by molar-refractivity contribution is 0.164. The molecule has 0 unspecified atom stereocenters. The summed E-state index contributed by atoms with van der Waals surface area (Å²) in [6.45, 7) is 3.23. The molecule has 0 saturated carbocycles. The summed E-state index contributed by atoms with van der Waals surface area (Å²) >= 11 is 1.43. The molecule has 1 aromatic carbocycles. The quantitative estimate of drug-likeness (QED) is 0.498. The van der Waals surface area contributed by atoms with Gasteiger partial charge < -0.3 is 10.6 Å². The van der Waals surface area contributed by atoms with Crippen molar-refractivity contribution in [1.82, 2.24) is 14.9 Å². The van der Waals surface area contributed by atoms with E-state index in [9.17, 15) is 4.39 Å². The lowest BCUT2D eigenvalue weighted by Gasteiger charge is -2.04. The second-order valence-corrected chi connectivity index (χ2v) is 4.76. The lowest BCUT2D eigenvalue weighted by atomic mass is 10.2. The van der Waals surface area contributed by atoms with Gasteiger partial charge >= 0.3 is 0 Å². The first-order valence-corrected chi connectivity index (χ1v) is 6.88. The fraction of sp³-hybridized carbons (Fsp3) is 0.333. The molecule has 0 fully saturated rings. The smallest absolute Gasteiger partial charge is 0.210 e. The van der Waals surface area contributed by atoms with Crippen LogP contribution in [0.2, 0.25) is 0 Å². The topological polar surface area (TPSA) is 66.0 Å². The van der Waals surface area contributed by atoms with Crippen LogP contribution in [0, 0.1) is 5.82 Å². The van der Waals surface area contributed by atoms with E-state index in [0.29, 0.717) is 29.8 Å². The molecular formula is C12H15FN4OS. The third-order valence-electron chi connectivity index (χ3n) is 2.44. The van der Waals surface area contributed by atoms with Crippen molar-refractivity contribution in [3.63, 3.8) is 0 Å². The van der Waals surface area contributed by atoms with Gasteiger partial charge in [0.05, 0.1) is 12.2 Å². The summed E-state index contributed by atoms with van der Waals surface area (Å²) in [5, 5.41) is 8.43. The molecule has 2 N–H and O–H groups in total. The fourth-order valence-electron chi connectivity index (χ4n) is 1.54. The van der Waals surface area contributed by atoms with E-state index >= 15 is 0 Å². The van der Waals surface area contributed by atoms with Gasteiger partial charge in [-0.2, -0.15) is 0 Å². The Morgan fingerprint density at radius 3 is 2.89 bits per heavy atom. The van der Waals surface area contributed by atoms with Crippen LogP contribution >= 0.6 is 11.8 Å². The molecule has 1 heterocycles. The van der Waals surface area contributed by atoms with Crippen molar-refractivity contribution in [2.45, 2.75) is 12.1 Å². The van der Waals surface area contributed by atoms with Crippen molar-refractivity contribution in [3.05, 3.63) is 30.1 Å². The molecule has 1 aromatic heterocycles. The van der Waals surface area contributed by atoms with Gasteiger partial charge in [0.15, 0.2) is 5.82 Å². The third-order valence-corrected chi connectivity index (χ3v) is 3.35. The van der Waals surface area contributed by atoms with Gasteiger partial charge in [-0.15, -0.1) is 10.2 Å². The first-order valence-electron chi connectivity index (χ1n) is 5.90. The van der Waals surface area contributed by atoms with E-state index < -0.39 is 0 Å². The Bertz CT molecular complexity index is 546. The predicted molar refractivity (Wildman–Crippen MR) is 72.8 cm³/mol. The van der Waals surface area contributed by atoms with Gasteiger partial charge in [-0.25, -0.2) is 9.07 Å². The van der Waals surface area contributed by atoms with Crippen LogP contribution in [0.15, 0.2) is 29.4 Å². The summed E-state index contributed by atoms with van der Waals surface area (Å²) in [5.74, 6) is 6.55. The second kappa shape index (κ2) is 6.53. The summed E-state index contributed by atoms with van der Waals surface area (Å²) in [4.78, 5) is 0. The second-order valence-electron chi connectivity index (χ2n) is 3.70. The molecule has 0 atom stereocenters. The zero-order valence-corrected chi connectivity index (χ0v) is 11.4. The van der Waals surface area contributed by atoms with Gasteiger partial charge in [0.25, 0.3) is 0 Å². The molecule has 0 amide bonds. The number of nitrogen functional groups attached to an aromatic ring is 1. The molecule has 0 spiro atoms. The molecule has 2 rings (SSSR count). The molecule has 0 aliphatic carbocycles. The predicted octanol–water partition coefficient (Wildman–Crippen LogP) is 1.93. The Balaban J connectivity index is 2.12.